The van der Waals surface area contributed by atoms with Crippen LogP contribution in [0.3, 0.4) is 0 Å². The van der Waals surface area contributed by atoms with Gasteiger partial charge in [-0.2, -0.15) is 0 Å². The molecule has 2 heteroatoms. The van der Waals surface area contributed by atoms with E-state index in [1.165, 1.54) is 0 Å². The highest BCUT2D eigenvalue weighted by Crippen LogP contribution is 2.21. The zero-order valence-corrected chi connectivity index (χ0v) is 8.34. The highest BCUT2D eigenvalue weighted by molar-refractivity contribution is 5.69. The SMILES string of the molecule is CCC(CC)CC(CC)C(=O)O. The Kier molecular flexibility index (Phi) is 5.77. The van der Waals surface area contributed by atoms with Crippen molar-refractivity contribution in [2.24, 2.45) is 11.8 Å². The maximum atomic E-state index is 10.7. The molecule has 2 nitrogen and oxygen atoms in total. The van der Waals surface area contributed by atoms with Gasteiger partial charge in [0, 0.05) is 0 Å². The molecule has 0 fully saturated rings. The van der Waals surface area contributed by atoms with Gasteiger partial charge in [0.15, 0.2) is 0 Å². The summed E-state index contributed by atoms with van der Waals surface area (Å²) < 4.78 is 0. The highest BCUT2D eigenvalue weighted by atomic mass is 16.4. The fraction of sp³-hybridized carbons (Fsp3) is 0.900. The number of hydrogen-bond donors (Lipinski definition) is 1. The molecule has 0 amide bonds. The van der Waals surface area contributed by atoms with Crippen molar-refractivity contribution in [1.82, 2.24) is 0 Å². The minimum atomic E-state index is -0.635. The van der Waals surface area contributed by atoms with Crippen molar-refractivity contribution >= 4 is 5.97 Å². The normalized spacial score (nSPS) is 13.3. The zero-order valence-electron chi connectivity index (χ0n) is 8.34. The summed E-state index contributed by atoms with van der Waals surface area (Å²) in [5.74, 6) is -0.176. The van der Waals surface area contributed by atoms with E-state index >= 15 is 0 Å². The van der Waals surface area contributed by atoms with Crippen molar-refractivity contribution in [3.8, 4) is 0 Å². The third-order valence-electron chi connectivity index (χ3n) is 2.61. The van der Waals surface area contributed by atoms with Gasteiger partial charge in [0.25, 0.3) is 0 Å². The summed E-state index contributed by atoms with van der Waals surface area (Å²) in [5, 5.41) is 8.81. The van der Waals surface area contributed by atoms with Crippen LogP contribution in [0.15, 0.2) is 0 Å². The molecule has 0 radical (unpaired) electrons. The molecule has 0 aromatic heterocycles. The Morgan fingerprint density at radius 2 is 1.67 bits per heavy atom. The average Bonchev–Trinajstić information content (AvgIpc) is 2.06. The number of rotatable bonds is 6. The second-order valence-corrected chi connectivity index (χ2v) is 3.36. The van der Waals surface area contributed by atoms with E-state index in [0.717, 1.165) is 25.7 Å². The summed E-state index contributed by atoms with van der Waals surface area (Å²) in [4.78, 5) is 10.7. The topological polar surface area (TPSA) is 37.3 Å². The van der Waals surface area contributed by atoms with Gasteiger partial charge in [-0.25, -0.2) is 0 Å². The lowest BCUT2D eigenvalue weighted by Crippen LogP contribution is -2.16. The fourth-order valence-electron chi connectivity index (χ4n) is 1.47. The van der Waals surface area contributed by atoms with E-state index in [-0.39, 0.29) is 5.92 Å². The second-order valence-electron chi connectivity index (χ2n) is 3.36. The molecule has 0 rings (SSSR count). The molecular formula is C10H20O2. The first-order valence-corrected chi connectivity index (χ1v) is 4.88. The molecule has 12 heavy (non-hydrogen) atoms. The van der Waals surface area contributed by atoms with Crippen molar-refractivity contribution in [1.29, 1.82) is 0 Å². The van der Waals surface area contributed by atoms with Crippen LogP contribution in [0.2, 0.25) is 0 Å². The first-order valence-electron chi connectivity index (χ1n) is 4.88. The third kappa shape index (κ3) is 3.74. The molecule has 0 aromatic rings. The molecule has 0 aliphatic heterocycles. The third-order valence-corrected chi connectivity index (χ3v) is 2.61. The van der Waals surface area contributed by atoms with Crippen molar-refractivity contribution in [3.05, 3.63) is 0 Å². The van der Waals surface area contributed by atoms with Crippen molar-refractivity contribution in [2.75, 3.05) is 0 Å². The highest BCUT2D eigenvalue weighted by Gasteiger charge is 2.18. The summed E-state index contributed by atoms with van der Waals surface area (Å²) in [6.45, 7) is 6.20. The van der Waals surface area contributed by atoms with Gasteiger partial charge in [0.1, 0.15) is 0 Å². The maximum Gasteiger partial charge on any atom is 0.306 e. The Balaban J connectivity index is 3.91. The first kappa shape index (κ1) is 11.5. The maximum absolute atomic E-state index is 10.7. The Morgan fingerprint density at radius 1 is 1.17 bits per heavy atom. The Bertz CT molecular complexity index is 128. The fourth-order valence-corrected chi connectivity index (χ4v) is 1.47. The van der Waals surface area contributed by atoms with E-state index in [0.29, 0.717) is 5.92 Å². The Morgan fingerprint density at radius 3 is 1.92 bits per heavy atom. The quantitative estimate of drug-likeness (QED) is 0.668. The van der Waals surface area contributed by atoms with Gasteiger partial charge in [-0.1, -0.05) is 33.6 Å². The van der Waals surface area contributed by atoms with Crippen LogP contribution in [-0.4, -0.2) is 11.1 Å². The standard InChI is InChI=1S/C10H20O2/c1-4-8(5-2)7-9(6-3)10(11)12/h8-9H,4-7H2,1-3H3,(H,11,12). The Hall–Kier alpha value is -0.530. The molecule has 0 saturated heterocycles. The molecule has 1 unspecified atom stereocenters. The van der Waals surface area contributed by atoms with Gasteiger partial charge in [0.05, 0.1) is 5.92 Å². The van der Waals surface area contributed by atoms with E-state index in [4.69, 9.17) is 5.11 Å². The van der Waals surface area contributed by atoms with Crippen LogP contribution >= 0.6 is 0 Å². The van der Waals surface area contributed by atoms with Gasteiger partial charge >= 0.3 is 5.97 Å². The molecular weight excluding hydrogens is 152 g/mol. The van der Waals surface area contributed by atoms with Gasteiger partial charge in [0.2, 0.25) is 0 Å². The molecule has 0 aliphatic carbocycles. The van der Waals surface area contributed by atoms with E-state index < -0.39 is 5.97 Å². The van der Waals surface area contributed by atoms with Crippen LogP contribution in [0.4, 0.5) is 0 Å². The van der Waals surface area contributed by atoms with Crippen molar-refractivity contribution in [3.63, 3.8) is 0 Å². The minimum absolute atomic E-state index is 0.130. The number of hydrogen-bond acceptors (Lipinski definition) is 1. The predicted octanol–water partition coefficient (Wildman–Crippen LogP) is 2.92. The summed E-state index contributed by atoms with van der Waals surface area (Å²) in [7, 11) is 0. The van der Waals surface area contributed by atoms with E-state index in [1.54, 1.807) is 0 Å². The molecule has 0 aromatic carbocycles. The molecule has 0 bridgehead atoms. The lowest BCUT2D eigenvalue weighted by Gasteiger charge is -2.16. The number of carboxylic acids is 1. The second kappa shape index (κ2) is 6.04. The van der Waals surface area contributed by atoms with Gasteiger partial charge in [-0.15, -0.1) is 0 Å². The summed E-state index contributed by atoms with van der Waals surface area (Å²) >= 11 is 0. The predicted molar refractivity (Wildman–Crippen MR) is 50.1 cm³/mol. The molecule has 1 atom stereocenters. The smallest absolute Gasteiger partial charge is 0.306 e. The van der Waals surface area contributed by atoms with Gasteiger partial charge in [-0.05, 0) is 18.8 Å². The molecule has 72 valence electrons. The molecule has 0 saturated carbocycles. The molecule has 0 aliphatic rings. The van der Waals surface area contributed by atoms with Crippen LogP contribution in [0.1, 0.15) is 46.5 Å². The number of carbonyl (C=O) groups is 1. The van der Waals surface area contributed by atoms with E-state index in [1.807, 2.05) is 6.92 Å². The minimum Gasteiger partial charge on any atom is -0.481 e. The zero-order chi connectivity index (χ0) is 9.56. The lowest BCUT2D eigenvalue weighted by atomic mass is 9.89. The van der Waals surface area contributed by atoms with Crippen molar-refractivity contribution in [2.45, 2.75) is 46.5 Å². The number of carboxylic acid groups (broad SMARTS) is 1. The molecule has 1 N–H and O–H groups in total. The largest absolute Gasteiger partial charge is 0.481 e. The monoisotopic (exact) mass is 172 g/mol. The Labute approximate surface area is 75.0 Å². The van der Waals surface area contributed by atoms with E-state index in [2.05, 4.69) is 13.8 Å². The van der Waals surface area contributed by atoms with Gasteiger partial charge < -0.3 is 5.11 Å². The van der Waals surface area contributed by atoms with Crippen LogP contribution in [-0.2, 0) is 4.79 Å². The summed E-state index contributed by atoms with van der Waals surface area (Å²) in [5.41, 5.74) is 0. The first-order chi connectivity index (χ1) is 5.65. The van der Waals surface area contributed by atoms with Crippen LogP contribution in [0.25, 0.3) is 0 Å². The number of aliphatic carboxylic acids is 1. The van der Waals surface area contributed by atoms with E-state index in [9.17, 15) is 4.79 Å². The molecule has 0 heterocycles. The lowest BCUT2D eigenvalue weighted by molar-refractivity contribution is -0.142. The summed E-state index contributed by atoms with van der Waals surface area (Å²) in [6.07, 6.45) is 3.80. The molecule has 0 spiro atoms. The van der Waals surface area contributed by atoms with Crippen LogP contribution < -0.4 is 0 Å². The summed E-state index contributed by atoms with van der Waals surface area (Å²) in [6, 6.07) is 0. The van der Waals surface area contributed by atoms with Gasteiger partial charge in [-0.3, -0.25) is 4.79 Å². The van der Waals surface area contributed by atoms with Crippen molar-refractivity contribution < 1.29 is 9.90 Å². The van der Waals surface area contributed by atoms with Crippen LogP contribution in [0.5, 0.6) is 0 Å². The average molecular weight is 172 g/mol. The van der Waals surface area contributed by atoms with Crippen LogP contribution in [0, 0.1) is 11.8 Å².